The first-order valence-electron chi connectivity index (χ1n) is 11.8. The van der Waals surface area contributed by atoms with Crippen LogP contribution in [0.3, 0.4) is 0 Å². The van der Waals surface area contributed by atoms with Gasteiger partial charge in [0.2, 0.25) is 0 Å². The van der Waals surface area contributed by atoms with E-state index < -0.39 is 0 Å². The van der Waals surface area contributed by atoms with E-state index in [-0.39, 0.29) is 11.0 Å². The Balaban J connectivity index is 1.18. The van der Waals surface area contributed by atoms with Crippen molar-refractivity contribution < 1.29 is 14.3 Å². The molecule has 0 aromatic heterocycles. The Morgan fingerprint density at radius 2 is 1.11 bits per heavy atom. The van der Waals surface area contributed by atoms with E-state index in [2.05, 4.69) is 34.9 Å². The van der Waals surface area contributed by atoms with Gasteiger partial charge in [-0.3, -0.25) is 10.1 Å². The largest absolute Gasteiger partial charge is 0.493 e. The Bertz CT molecular complexity index is 1250. The van der Waals surface area contributed by atoms with E-state index >= 15 is 0 Å². The smallest absolute Gasteiger partial charge is 0.257 e. The molecule has 4 aromatic rings. The minimum absolute atomic E-state index is 0.223. The summed E-state index contributed by atoms with van der Waals surface area (Å²) in [6.07, 6.45) is 1.67. The van der Waals surface area contributed by atoms with Gasteiger partial charge in [0.25, 0.3) is 5.91 Å². The average Bonchev–Trinajstić information content (AvgIpc) is 2.91. The first-order valence-corrected chi connectivity index (χ1v) is 12.2. The molecule has 4 aromatic carbocycles. The molecule has 2 N–H and O–H groups in total. The second-order valence-electron chi connectivity index (χ2n) is 8.13. The van der Waals surface area contributed by atoms with Crippen LogP contribution >= 0.6 is 12.2 Å². The summed E-state index contributed by atoms with van der Waals surface area (Å²) in [5.41, 5.74) is 3.72. The van der Waals surface area contributed by atoms with E-state index in [1.807, 2.05) is 60.7 Å². The quantitative estimate of drug-likeness (QED) is 0.262. The average molecular weight is 497 g/mol. The number of rotatable bonds is 10. The van der Waals surface area contributed by atoms with Crippen LogP contribution in [-0.2, 0) is 12.8 Å². The van der Waals surface area contributed by atoms with E-state index in [1.54, 1.807) is 24.3 Å². The van der Waals surface area contributed by atoms with E-state index in [4.69, 9.17) is 21.7 Å². The summed E-state index contributed by atoms with van der Waals surface area (Å²) >= 11 is 5.30. The number of carbonyl (C=O) groups excluding carboxylic acids is 1. The number of benzene rings is 4. The predicted octanol–water partition coefficient (Wildman–Crippen LogP) is 6.06. The first-order chi connectivity index (χ1) is 17.7. The Hall–Kier alpha value is -4.16. The molecule has 0 fully saturated rings. The van der Waals surface area contributed by atoms with E-state index in [1.165, 1.54) is 11.1 Å². The Morgan fingerprint density at radius 1 is 0.639 bits per heavy atom. The Labute approximate surface area is 217 Å². The molecule has 182 valence electrons. The SMILES string of the molecule is O=C(NC(=S)Nc1ccc(OCCc2ccccc2)cc1)c1ccc(OCCc2ccccc2)cc1. The van der Waals surface area contributed by atoms with Crippen LogP contribution in [0.5, 0.6) is 11.5 Å². The number of hydrogen-bond acceptors (Lipinski definition) is 4. The van der Waals surface area contributed by atoms with Crippen LogP contribution < -0.4 is 20.1 Å². The van der Waals surface area contributed by atoms with Gasteiger partial charge in [-0.2, -0.15) is 0 Å². The van der Waals surface area contributed by atoms with Crippen LogP contribution in [0.25, 0.3) is 0 Å². The summed E-state index contributed by atoms with van der Waals surface area (Å²) in [5.74, 6) is 1.20. The van der Waals surface area contributed by atoms with Crippen LogP contribution in [0.4, 0.5) is 5.69 Å². The lowest BCUT2D eigenvalue weighted by atomic mass is 10.2. The molecule has 0 aliphatic heterocycles. The number of anilines is 1. The molecule has 0 atom stereocenters. The topological polar surface area (TPSA) is 59.6 Å². The summed E-state index contributed by atoms with van der Waals surface area (Å²) in [4.78, 5) is 12.5. The highest BCUT2D eigenvalue weighted by molar-refractivity contribution is 7.80. The molecule has 36 heavy (non-hydrogen) atoms. The van der Waals surface area contributed by atoms with Crippen molar-refractivity contribution in [3.63, 3.8) is 0 Å². The third-order valence-corrected chi connectivity index (χ3v) is 5.66. The predicted molar refractivity (Wildman–Crippen MR) is 148 cm³/mol. The number of carbonyl (C=O) groups is 1. The molecule has 6 heteroatoms. The maximum atomic E-state index is 12.5. The van der Waals surface area contributed by atoms with Crippen LogP contribution in [0.15, 0.2) is 109 Å². The van der Waals surface area contributed by atoms with Crippen molar-refractivity contribution >= 4 is 28.9 Å². The van der Waals surface area contributed by atoms with Gasteiger partial charge in [-0.25, -0.2) is 0 Å². The molecule has 0 heterocycles. The fourth-order valence-electron chi connectivity index (χ4n) is 3.54. The fourth-order valence-corrected chi connectivity index (χ4v) is 3.75. The summed E-state index contributed by atoms with van der Waals surface area (Å²) in [6.45, 7) is 1.17. The zero-order chi connectivity index (χ0) is 25.0. The molecule has 0 saturated heterocycles. The maximum Gasteiger partial charge on any atom is 0.257 e. The van der Waals surface area contributed by atoms with Crippen molar-refractivity contribution in [1.82, 2.24) is 5.32 Å². The standard InChI is InChI=1S/C30H28N2O3S/c33-29(25-11-15-27(16-12-25)34-21-19-23-7-3-1-4-8-23)32-30(36)31-26-13-17-28(18-14-26)35-22-20-24-9-5-2-6-10-24/h1-18H,19-22H2,(H2,31,32,33,36). The van der Waals surface area contributed by atoms with Gasteiger partial charge in [0.1, 0.15) is 11.5 Å². The first kappa shape index (κ1) is 24.9. The number of nitrogens with one attached hydrogen (secondary N) is 2. The third kappa shape index (κ3) is 7.96. The van der Waals surface area contributed by atoms with Crippen molar-refractivity contribution in [3.8, 4) is 11.5 Å². The van der Waals surface area contributed by atoms with E-state index in [0.29, 0.717) is 24.5 Å². The van der Waals surface area contributed by atoms with Gasteiger partial charge in [-0.15, -0.1) is 0 Å². The van der Waals surface area contributed by atoms with Crippen LogP contribution in [0.1, 0.15) is 21.5 Å². The maximum absolute atomic E-state index is 12.5. The van der Waals surface area contributed by atoms with Gasteiger partial charge in [0.05, 0.1) is 13.2 Å². The second-order valence-corrected chi connectivity index (χ2v) is 8.53. The molecular weight excluding hydrogens is 468 g/mol. The normalized spacial score (nSPS) is 10.3. The minimum Gasteiger partial charge on any atom is -0.493 e. The lowest BCUT2D eigenvalue weighted by molar-refractivity contribution is 0.0977. The summed E-state index contributed by atoms with van der Waals surface area (Å²) in [7, 11) is 0. The van der Waals surface area contributed by atoms with Gasteiger partial charge in [-0.05, 0) is 71.9 Å². The molecule has 5 nitrogen and oxygen atoms in total. The zero-order valence-corrected chi connectivity index (χ0v) is 20.7. The molecule has 0 unspecified atom stereocenters. The third-order valence-electron chi connectivity index (χ3n) is 5.46. The molecule has 0 spiro atoms. The highest BCUT2D eigenvalue weighted by Crippen LogP contribution is 2.17. The minimum atomic E-state index is -0.288. The van der Waals surface area contributed by atoms with E-state index in [9.17, 15) is 4.79 Å². The van der Waals surface area contributed by atoms with Gasteiger partial charge in [-0.1, -0.05) is 60.7 Å². The van der Waals surface area contributed by atoms with Crippen molar-refractivity contribution in [3.05, 3.63) is 126 Å². The zero-order valence-electron chi connectivity index (χ0n) is 19.9. The molecule has 4 rings (SSSR count). The second kappa shape index (κ2) is 13.1. The van der Waals surface area contributed by atoms with Crippen LogP contribution in [-0.4, -0.2) is 24.2 Å². The molecule has 0 aliphatic rings. The van der Waals surface area contributed by atoms with E-state index in [0.717, 1.165) is 24.3 Å². The van der Waals surface area contributed by atoms with Crippen LogP contribution in [0.2, 0.25) is 0 Å². The van der Waals surface area contributed by atoms with Crippen molar-refractivity contribution in [2.45, 2.75) is 12.8 Å². The molecule has 1 amide bonds. The summed E-state index contributed by atoms with van der Waals surface area (Å²) in [5, 5.41) is 5.95. The van der Waals surface area contributed by atoms with Crippen molar-refractivity contribution in [2.75, 3.05) is 18.5 Å². The molecule has 0 aliphatic carbocycles. The van der Waals surface area contributed by atoms with Gasteiger partial charge in [0, 0.05) is 24.1 Å². The lowest BCUT2D eigenvalue weighted by Crippen LogP contribution is -2.34. The van der Waals surface area contributed by atoms with Gasteiger partial charge >= 0.3 is 0 Å². The van der Waals surface area contributed by atoms with Crippen LogP contribution in [0, 0.1) is 0 Å². The Kier molecular flexibility index (Phi) is 9.06. The monoisotopic (exact) mass is 496 g/mol. The number of thiocarbonyl (C=S) groups is 1. The summed E-state index contributed by atoms with van der Waals surface area (Å²) in [6, 6.07) is 34.9. The highest BCUT2D eigenvalue weighted by atomic mass is 32.1. The lowest BCUT2D eigenvalue weighted by Gasteiger charge is -2.11. The number of amides is 1. The summed E-state index contributed by atoms with van der Waals surface area (Å²) < 4.78 is 11.6. The fraction of sp³-hybridized carbons (Fsp3) is 0.133. The van der Waals surface area contributed by atoms with Crippen molar-refractivity contribution in [1.29, 1.82) is 0 Å². The highest BCUT2D eigenvalue weighted by Gasteiger charge is 2.09. The number of ether oxygens (including phenoxy) is 2. The molecule has 0 bridgehead atoms. The number of hydrogen-bond donors (Lipinski definition) is 2. The molecular formula is C30H28N2O3S. The van der Waals surface area contributed by atoms with Crippen molar-refractivity contribution in [2.24, 2.45) is 0 Å². The molecule has 0 radical (unpaired) electrons. The molecule has 0 saturated carbocycles. The van der Waals surface area contributed by atoms with Gasteiger partial charge in [0.15, 0.2) is 5.11 Å². The Morgan fingerprint density at radius 3 is 1.61 bits per heavy atom. The van der Waals surface area contributed by atoms with Gasteiger partial charge < -0.3 is 14.8 Å².